The number of aryl methyl sites for hydroxylation is 1. The van der Waals surface area contributed by atoms with E-state index in [0.29, 0.717) is 16.7 Å². The number of aromatic nitrogens is 2. The summed E-state index contributed by atoms with van der Waals surface area (Å²) >= 11 is 0. The zero-order valence-corrected chi connectivity index (χ0v) is 13.9. The molecule has 1 aromatic rings. The second kappa shape index (κ2) is 4.90. The van der Waals surface area contributed by atoms with Gasteiger partial charge in [0.25, 0.3) is 0 Å². The Morgan fingerprint density at radius 3 is 2.05 bits per heavy atom. The molecule has 1 aliphatic rings. The van der Waals surface area contributed by atoms with Crippen molar-refractivity contribution in [1.29, 1.82) is 0 Å². The lowest BCUT2D eigenvalue weighted by Gasteiger charge is -2.14. The number of hydrogen-bond donors (Lipinski definition) is 2. The van der Waals surface area contributed by atoms with Crippen LogP contribution in [-0.4, -0.2) is 23.6 Å². The summed E-state index contributed by atoms with van der Waals surface area (Å²) in [4.78, 5) is 9.14. The van der Waals surface area contributed by atoms with Crippen molar-refractivity contribution in [2.75, 3.05) is 24.2 Å². The van der Waals surface area contributed by atoms with E-state index >= 15 is 0 Å². The molecule has 0 atom stereocenters. The third-order valence-electron chi connectivity index (χ3n) is 5.54. The average Bonchev–Trinajstić information content (AvgIpc) is 2.78. The highest BCUT2D eigenvalue weighted by Crippen LogP contribution is 2.68. The Morgan fingerprint density at radius 2 is 1.60 bits per heavy atom. The first-order chi connectivity index (χ1) is 9.25. The van der Waals surface area contributed by atoms with Crippen molar-refractivity contribution < 1.29 is 0 Å². The zero-order valence-electron chi connectivity index (χ0n) is 13.9. The Kier molecular flexibility index (Phi) is 3.69. The van der Waals surface area contributed by atoms with E-state index in [1.54, 1.807) is 0 Å². The van der Waals surface area contributed by atoms with Crippen LogP contribution in [0.25, 0.3) is 0 Å². The van der Waals surface area contributed by atoms with Gasteiger partial charge in [-0.25, -0.2) is 9.97 Å². The molecule has 0 bridgehead atoms. The van der Waals surface area contributed by atoms with E-state index < -0.39 is 0 Å². The van der Waals surface area contributed by atoms with E-state index in [0.717, 1.165) is 36.0 Å². The van der Waals surface area contributed by atoms with Gasteiger partial charge in [-0.05, 0) is 23.7 Å². The second-order valence-electron chi connectivity index (χ2n) is 6.94. The fourth-order valence-electron chi connectivity index (χ4n) is 3.18. The van der Waals surface area contributed by atoms with Crippen molar-refractivity contribution in [3.05, 3.63) is 11.4 Å². The van der Waals surface area contributed by atoms with Crippen LogP contribution in [0.4, 0.5) is 11.6 Å². The lowest BCUT2D eigenvalue weighted by Crippen LogP contribution is -2.13. The highest BCUT2D eigenvalue weighted by Gasteiger charge is 2.64. The molecule has 0 unspecified atom stereocenters. The van der Waals surface area contributed by atoms with Crippen molar-refractivity contribution in [2.24, 2.45) is 16.7 Å². The molecule has 20 heavy (non-hydrogen) atoms. The molecule has 4 nitrogen and oxygen atoms in total. The minimum atomic E-state index is 0.403. The summed E-state index contributed by atoms with van der Waals surface area (Å²) < 4.78 is 0. The topological polar surface area (TPSA) is 49.8 Å². The van der Waals surface area contributed by atoms with E-state index in [9.17, 15) is 0 Å². The van der Waals surface area contributed by atoms with Crippen LogP contribution in [0.15, 0.2) is 0 Å². The molecule has 2 rings (SSSR count). The van der Waals surface area contributed by atoms with E-state index in [-0.39, 0.29) is 0 Å². The molecule has 0 amide bonds. The second-order valence-corrected chi connectivity index (χ2v) is 6.94. The third kappa shape index (κ3) is 2.25. The first-order valence-corrected chi connectivity index (χ1v) is 7.54. The molecular weight excluding hydrogens is 248 g/mol. The van der Waals surface area contributed by atoms with Gasteiger partial charge in [-0.2, -0.15) is 0 Å². The minimum absolute atomic E-state index is 0.403. The van der Waals surface area contributed by atoms with E-state index in [1.807, 2.05) is 7.05 Å². The van der Waals surface area contributed by atoms with Crippen LogP contribution in [-0.2, 0) is 6.42 Å². The third-order valence-corrected chi connectivity index (χ3v) is 5.54. The van der Waals surface area contributed by atoms with Crippen LogP contribution in [0, 0.1) is 23.7 Å². The van der Waals surface area contributed by atoms with Gasteiger partial charge >= 0.3 is 0 Å². The van der Waals surface area contributed by atoms with Gasteiger partial charge in [0.1, 0.15) is 17.5 Å². The van der Waals surface area contributed by atoms with Gasteiger partial charge in [0.05, 0.1) is 0 Å². The standard InChI is InChI=1S/C16H28N4/c1-8-12-19-13(17-7)10(2)14(20-12)18-9-11-15(3,4)16(11,5)6/h11H,8-9H2,1-7H3,(H2,17,18,19,20). The van der Waals surface area contributed by atoms with Crippen molar-refractivity contribution >= 4 is 11.6 Å². The Bertz CT molecular complexity index is 491. The molecule has 0 aliphatic heterocycles. The molecule has 1 saturated carbocycles. The maximum absolute atomic E-state index is 4.63. The maximum Gasteiger partial charge on any atom is 0.134 e. The van der Waals surface area contributed by atoms with Crippen molar-refractivity contribution in [3.8, 4) is 0 Å². The molecule has 4 heteroatoms. The Hall–Kier alpha value is -1.32. The predicted molar refractivity (Wildman–Crippen MR) is 85.2 cm³/mol. The van der Waals surface area contributed by atoms with Gasteiger partial charge in [-0.3, -0.25) is 0 Å². The van der Waals surface area contributed by atoms with Gasteiger partial charge in [0.15, 0.2) is 0 Å². The van der Waals surface area contributed by atoms with Gasteiger partial charge in [-0.1, -0.05) is 34.6 Å². The lowest BCUT2D eigenvalue weighted by molar-refractivity contribution is 0.457. The Morgan fingerprint density at radius 1 is 1.05 bits per heavy atom. The number of anilines is 2. The van der Waals surface area contributed by atoms with Gasteiger partial charge in [0, 0.05) is 25.6 Å². The molecule has 1 fully saturated rings. The van der Waals surface area contributed by atoms with Crippen LogP contribution in [0.3, 0.4) is 0 Å². The molecule has 112 valence electrons. The Balaban J connectivity index is 2.14. The van der Waals surface area contributed by atoms with Crippen LogP contribution in [0.1, 0.15) is 46.0 Å². The van der Waals surface area contributed by atoms with Gasteiger partial charge in [-0.15, -0.1) is 0 Å². The molecule has 0 radical (unpaired) electrons. The van der Waals surface area contributed by atoms with E-state index in [4.69, 9.17) is 0 Å². The van der Waals surface area contributed by atoms with Gasteiger partial charge in [0.2, 0.25) is 0 Å². The zero-order chi connectivity index (χ0) is 15.1. The number of rotatable bonds is 5. The largest absolute Gasteiger partial charge is 0.373 e. The van der Waals surface area contributed by atoms with Crippen molar-refractivity contribution in [2.45, 2.75) is 48.0 Å². The maximum atomic E-state index is 4.63. The SMILES string of the molecule is CCc1nc(NC)c(C)c(NCC2C(C)(C)C2(C)C)n1. The van der Waals surface area contributed by atoms with E-state index in [2.05, 4.69) is 62.1 Å². The quantitative estimate of drug-likeness (QED) is 0.864. The molecule has 1 heterocycles. The Labute approximate surface area is 122 Å². The molecule has 0 aromatic carbocycles. The highest BCUT2D eigenvalue weighted by atomic mass is 15.1. The average molecular weight is 276 g/mol. The summed E-state index contributed by atoms with van der Waals surface area (Å²) in [6.45, 7) is 14.5. The molecule has 0 spiro atoms. The molecule has 1 aromatic heterocycles. The monoisotopic (exact) mass is 276 g/mol. The summed E-state index contributed by atoms with van der Waals surface area (Å²) in [5.74, 6) is 3.47. The highest BCUT2D eigenvalue weighted by molar-refractivity contribution is 5.57. The van der Waals surface area contributed by atoms with Gasteiger partial charge < -0.3 is 10.6 Å². The van der Waals surface area contributed by atoms with Crippen LogP contribution >= 0.6 is 0 Å². The predicted octanol–water partition coefficient (Wildman–Crippen LogP) is 3.48. The van der Waals surface area contributed by atoms with Crippen LogP contribution < -0.4 is 10.6 Å². The van der Waals surface area contributed by atoms with Crippen molar-refractivity contribution in [1.82, 2.24) is 9.97 Å². The minimum Gasteiger partial charge on any atom is -0.373 e. The summed E-state index contributed by atoms with van der Waals surface area (Å²) in [5, 5.41) is 6.70. The summed E-state index contributed by atoms with van der Waals surface area (Å²) in [6.07, 6.45) is 0.851. The number of nitrogens with zero attached hydrogens (tertiary/aromatic N) is 2. The van der Waals surface area contributed by atoms with Crippen LogP contribution in [0.5, 0.6) is 0 Å². The van der Waals surface area contributed by atoms with Crippen LogP contribution in [0.2, 0.25) is 0 Å². The molecular formula is C16H28N4. The smallest absolute Gasteiger partial charge is 0.134 e. The fourth-order valence-corrected chi connectivity index (χ4v) is 3.18. The van der Waals surface area contributed by atoms with Crippen molar-refractivity contribution in [3.63, 3.8) is 0 Å². The normalized spacial score (nSPS) is 19.8. The lowest BCUT2D eigenvalue weighted by atomic mass is 10.0. The van der Waals surface area contributed by atoms with E-state index in [1.165, 1.54) is 0 Å². The molecule has 1 aliphatic carbocycles. The molecule has 0 saturated heterocycles. The number of nitrogens with one attached hydrogen (secondary N) is 2. The fraction of sp³-hybridized carbons (Fsp3) is 0.750. The first kappa shape index (κ1) is 15.1. The summed E-state index contributed by atoms with van der Waals surface area (Å²) in [6, 6.07) is 0. The molecule has 2 N–H and O–H groups in total. The summed E-state index contributed by atoms with van der Waals surface area (Å²) in [7, 11) is 1.91. The first-order valence-electron chi connectivity index (χ1n) is 7.54. The summed E-state index contributed by atoms with van der Waals surface area (Å²) in [5.41, 5.74) is 1.90. The number of hydrogen-bond acceptors (Lipinski definition) is 4.